The van der Waals surface area contributed by atoms with Gasteiger partial charge < -0.3 is 5.32 Å². The van der Waals surface area contributed by atoms with Crippen LogP contribution in [0.4, 0.5) is 28.9 Å². The SMILES string of the molecule is O=C(Nc1ccc(C(F)(F)F)cc1Cl)c1cc(Cl)c(F)cc1NS(=O)(=O)C1CC1. The highest BCUT2D eigenvalue weighted by Crippen LogP contribution is 2.35. The number of hydrogen-bond donors (Lipinski definition) is 2. The van der Waals surface area contributed by atoms with Crippen LogP contribution in [0.3, 0.4) is 0 Å². The zero-order chi connectivity index (χ0) is 21.6. The van der Waals surface area contributed by atoms with Crippen LogP contribution in [0.25, 0.3) is 0 Å². The zero-order valence-corrected chi connectivity index (χ0v) is 16.6. The van der Waals surface area contributed by atoms with E-state index in [0.717, 1.165) is 24.3 Å². The number of nitrogens with one attached hydrogen (secondary N) is 2. The van der Waals surface area contributed by atoms with Crippen LogP contribution < -0.4 is 10.0 Å². The van der Waals surface area contributed by atoms with Gasteiger partial charge in [0.15, 0.2) is 0 Å². The van der Waals surface area contributed by atoms with Gasteiger partial charge in [-0.15, -0.1) is 0 Å². The third-order valence-electron chi connectivity index (χ3n) is 4.07. The van der Waals surface area contributed by atoms with Crippen LogP contribution in [-0.4, -0.2) is 19.6 Å². The van der Waals surface area contributed by atoms with E-state index in [-0.39, 0.29) is 22.0 Å². The van der Waals surface area contributed by atoms with Crippen molar-refractivity contribution in [3.63, 3.8) is 0 Å². The van der Waals surface area contributed by atoms with Crippen molar-refractivity contribution >= 4 is 50.5 Å². The molecule has 0 aliphatic heterocycles. The number of alkyl halides is 3. The summed E-state index contributed by atoms with van der Waals surface area (Å²) in [6.07, 6.45) is -3.74. The van der Waals surface area contributed by atoms with Gasteiger partial charge in [-0.1, -0.05) is 23.2 Å². The molecule has 1 fully saturated rings. The molecule has 2 aromatic rings. The topological polar surface area (TPSA) is 75.3 Å². The molecule has 0 aromatic heterocycles. The molecule has 29 heavy (non-hydrogen) atoms. The lowest BCUT2D eigenvalue weighted by atomic mass is 10.1. The number of anilines is 2. The first-order chi connectivity index (χ1) is 13.4. The summed E-state index contributed by atoms with van der Waals surface area (Å²) in [7, 11) is -3.82. The van der Waals surface area contributed by atoms with Crippen molar-refractivity contribution < 1.29 is 30.8 Å². The molecule has 0 spiro atoms. The molecule has 0 heterocycles. The van der Waals surface area contributed by atoms with Crippen LogP contribution in [0.5, 0.6) is 0 Å². The maximum absolute atomic E-state index is 13.8. The number of benzene rings is 2. The fourth-order valence-corrected chi connectivity index (χ4v) is 4.21. The normalized spacial score (nSPS) is 14.6. The molecule has 0 bridgehead atoms. The number of carbonyl (C=O) groups is 1. The number of carbonyl (C=O) groups excluding carboxylic acids is 1. The third kappa shape index (κ3) is 4.93. The smallest absolute Gasteiger partial charge is 0.321 e. The Kier molecular flexibility index (Phi) is 5.72. The Morgan fingerprint density at radius 3 is 2.24 bits per heavy atom. The Labute approximate surface area is 173 Å². The van der Waals surface area contributed by atoms with Crippen molar-refractivity contribution in [2.75, 3.05) is 10.0 Å². The molecular weight excluding hydrogens is 459 g/mol. The summed E-state index contributed by atoms with van der Waals surface area (Å²) in [5.41, 5.74) is -1.83. The van der Waals surface area contributed by atoms with Gasteiger partial charge in [0.2, 0.25) is 10.0 Å². The summed E-state index contributed by atoms with van der Waals surface area (Å²) in [4.78, 5) is 12.6. The standard InChI is InChI=1S/C17H12Cl2F4N2O3S/c18-11-6-10(15(7-13(11)20)25-29(27,28)9-2-3-9)16(26)24-14-4-1-8(5-12(14)19)17(21,22)23/h1,4-7,9,25H,2-3H2,(H,24,26). The molecule has 1 aliphatic rings. The molecule has 0 atom stereocenters. The van der Waals surface area contributed by atoms with Gasteiger partial charge in [-0.05, 0) is 37.1 Å². The van der Waals surface area contributed by atoms with Crippen molar-refractivity contribution in [1.82, 2.24) is 0 Å². The van der Waals surface area contributed by atoms with E-state index >= 15 is 0 Å². The summed E-state index contributed by atoms with van der Waals surface area (Å²) in [5, 5.41) is 0.802. The molecule has 3 rings (SSSR count). The quantitative estimate of drug-likeness (QED) is 0.581. The molecule has 0 saturated heterocycles. The van der Waals surface area contributed by atoms with Gasteiger partial charge in [0.1, 0.15) is 5.82 Å². The monoisotopic (exact) mass is 470 g/mol. The largest absolute Gasteiger partial charge is 0.416 e. The minimum atomic E-state index is -4.62. The third-order valence-corrected chi connectivity index (χ3v) is 6.52. The molecule has 2 N–H and O–H groups in total. The molecule has 0 radical (unpaired) electrons. The van der Waals surface area contributed by atoms with Gasteiger partial charge in [-0.2, -0.15) is 13.2 Å². The van der Waals surface area contributed by atoms with E-state index in [1.54, 1.807) is 0 Å². The molecule has 1 saturated carbocycles. The van der Waals surface area contributed by atoms with Crippen LogP contribution in [-0.2, 0) is 16.2 Å². The Balaban J connectivity index is 1.92. The minimum Gasteiger partial charge on any atom is -0.321 e. The second-order valence-corrected chi connectivity index (χ2v) is 9.08. The van der Waals surface area contributed by atoms with Gasteiger partial charge in [0.25, 0.3) is 5.91 Å². The van der Waals surface area contributed by atoms with E-state index in [4.69, 9.17) is 23.2 Å². The first-order valence-corrected chi connectivity index (χ1v) is 10.4. The number of halogens is 6. The minimum absolute atomic E-state index is 0.152. The summed E-state index contributed by atoms with van der Waals surface area (Å²) in [5.74, 6) is -1.90. The average Bonchev–Trinajstić information content (AvgIpc) is 3.44. The molecular formula is C17H12Cl2F4N2O3S. The Hall–Kier alpha value is -2.04. The molecule has 0 unspecified atom stereocenters. The fraction of sp³-hybridized carbons (Fsp3) is 0.235. The predicted octanol–water partition coefficient (Wildman–Crippen LogP) is 5.31. The summed E-state index contributed by atoms with van der Waals surface area (Å²) in [6.45, 7) is 0. The summed E-state index contributed by atoms with van der Waals surface area (Å²) < 4.78 is 78.5. The second kappa shape index (κ2) is 7.66. The van der Waals surface area contributed by atoms with E-state index < -0.39 is 43.8 Å². The second-order valence-electron chi connectivity index (χ2n) is 6.30. The van der Waals surface area contributed by atoms with Gasteiger partial charge in [-0.25, -0.2) is 12.8 Å². The molecule has 5 nitrogen and oxygen atoms in total. The maximum Gasteiger partial charge on any atom is 0.416 e. The fourth-order valence-electron chi connectivity index (χ4n) is 2.42. The Bertz CT molecular complexity index is 1090. The van der Waals surface area contributed by atoms with Crippen molar-refractivity contribution in [2.24, 2.45) is 0 Å². The Morgan fingerprint density at radius 2 is 1.69 bits per heavy atom. The summed E-state index contributed by atoms with van der Waals surface area (Å²) >= 11 is 11.5. The highest BCUT2D eigenvalue weighted by atomic mass is 35.5. The van der Waals surface area contributed by atoms with E-state index in [1.807, 2.05) is 0 Å². The van der Waals surface area contributed by atoms with Crippen LogP contribution in [0, 0.1) is 5.82 Å². The van der Waals surface area contributed by atoms with Crippen molar-refractivity contribution in [2.45, 2.75) is 24.3 Å². The van der Waals surface area contributed by atoms with Crippen LogP contribution in [0.2, 0.25) is 10.0 Å². The van der Waals surface area contributed by atoms with Gasteiger partial charge in [0.05, 0.1) is 37.8 Å². The molecule has 1 amide bonds. The average molecular weight is 471 g/mol. The van der Waals surface area contributed by atoms with Gasteiger partial charge in [0, 0.05) is 6.07 Å². The summed E-state index contributed by atoms with van der Waals surface area (Å²) in [6, 6.07) is 3.96. The van der Waals surface area contributed by atoms with Gasteiger partial charge in [-0.3, -0.25) is 9.52 Å². The van der Waals surface area contributed by atoms with Gasteiger partial charge >= 0.3 is 6.18 Å². The van der Waals surface area contributed by atoms with E-state index in [2.05, 4.69) is 10.0 Å². The van der Waals surface area contributed by atoms with Crippen LogP contribution in [0.1, 0.15) is 28.8 Å². The molecule has 156 valence electrons. The first-order valence-electron chi connectivity index (χ1n) is 8.07. The zero-order valence-electron chi connectivity index (χ0n) is 14.3. The number of hydrogen-bond acceptors (Lipinski definition) is 3. The first kappa shape index (κ1) is 21.7. The molecule has 12 heteroatoms. The molecule has 2 aromatic carbocycles. The van der Waals surface area contributed by atoms with E-state index in [1.165, 1.54) is 0 Å². The number of amides is 1. The van der Waals surface area contributed by atoms with Crippen molar-refractivity contribution in [1.29, 1.82) is 0 Å². The number of sulfonamides is 1. The lowest BCUT2D eigenvalue weighted by molar-refractivity contribution is -0.137. The highest BCUT2D eigenvalue weighted by molar-refractivity contribution is 7.93. The lowest BCUT2D eigenvalue weighted by Gasteiger charge is -2.15. The lowest BCUT2D eigenvalue weighted by Crippen LogP contribution is -2.21. The van der Waals surface area contributed by atoms with Crippen LogP contribution in [0.15, 0.2) is 30.3 Å². The van der Waals surface area contributed by atoms with Crippen LogP contribution >= 0.6 is 23.2 Å². The van der Waals surface area contributed by atoms with E-state index in [9.17, 15) is 30.8 Å². The maximum atomic E-state index is 13.8. The van der Waals surface area contributed by atoms with Crippen molar-refractivity contribution in [3.05, 3.63) is 57.3 Å². The number of rotatable bonds is 5. The van der Waals surface area contributed by atoms with E-state index in [0.29, 0.717) is 18.9 Å². The molecule has 1 aliphatic carbocycles. The predicted molar refractivity (Wildman–Crippen MR) is 101 cm³/mol. The van der Waals surface area contributed by atoms with Crippen molar-refractivity contribution in [3.8, 4) is 0 Å². The Morgan fingerprint density at radius 1 is 1.03 bits per heavy atom. The highest BCUT2D eigenvalue weighted by Gasteiger charge is 2.36.